The fourth-order valence-corrected chi connectivity index (χ4v) is 6.24. The normalized spacial score (nSPS) is 31.9. The van der Waals surface area contributed by atoms with Gasteiger partial charge in [-0.1, -0.05) is 19.1 Å². The van der Waals surface area contributed by atoms with Crippen LogP contribution in [0.15, 0.2) is 30.4 Å². The Bertz CT molecular complexity index is 715. The summed E-state index contributed by atoms with van der Waals surface area (Å²) in [5.41, 5.74) is 2.76. The van der Waals surface area contributed by atoms with E-state index in [4.69, 9.17) is 0 Å². The van der Waals surface area contributed by atoms with E-state index in [-0.39, 0.29) is 14.1 Å². The molecule has 2 bridgehead atoms. The van der Waals surface area contributed by atoms with Crippen LogP contribution >= 0.6 is 0 Å². The number of fused-ring (bicyclic) bond motifs is 4. The number of piperidine rings is 1. The van der Waals surface area contributed by atoms with Crippen LogP contribution in [-0.4, -0.2) is 37.6 Å². The highest BCUT2D eigenvalue weighted by molar-refractivity contribution is 5.63. The van der Waals surface area contributed by atoms with E-state index in [0.29, 0.717) is 0 Å². The maximum Gasteiger partial charge on any atom is 0.123 e. The van der Waals surface area contributed by atoms with Crippen LogP contribution < -0.4 is 4.90 Å². The van der Waals surface area contributed by atoms with Crippen molar-refractivity contribution in [1.82, 2.24) is 4.90 Å². The molecular weight excluding hydrogens is 323 g/mol. The minimum absolute atomic E-state index is 0. The molecule has 4 aliphatic rings. The van der Waals surface area contributed by atoms with Crippen molar-refractivity contribution < 1.29 is 7.24 Å². The monoisotopic (exact) mass is 358 g/mol. The van der Waals surface area contributed by atoms with Crippen LogP contribution in [0.3, 0.4) is 0 Å². The molecule has 26 heavy (non-hydrogen) atoms. The van der Waals surface area contributed by atoms with E-state index in [2.05, 4.69) is 28.9 Å². The number of nitrogens with zero attached hydrogens (tertiary/aromatic N) is 2. The highest BCUT2D eigenvalue weighted by atomic mass is 19.1. The smallest absolute Gasteiger partial charge is 0.123 e. The molecule has 2 aliphatic carbocycles. The summed E-state index contributed by atoms with van der Waals surface area (Å²) in [4.78, 5) is 5.21. The first kappa shape index (κ1) is 16.8. The van der Waals surface area contributed by atoms with Gasteiger partial charge in [-0.05, 0) is 86.7 Å². The fraction of sp³-hybridized carbons (Fsp3) is 0.652. The molecule has 3 atom stereocenters. The highest BCUT2D eigenvalue weighted by Crippen LogP contribution is 2.48. The van der Waals surface area contributed by atoms with Gasteiger partial charge in [-0.2, -0.15) is 0 Å². The summed E-state index contributed by atoms with van der Waals surface area (Å²) in [5, 5.41) is 0. The number of anilines is 1. The Balaban J connectivity index is 0.00000112. The van der Waals surface area contributed by atoms with Gasteiger partial charge in [0.1, 0.15) is 5.82 Å². The molecule has 1 spiro atoms. The zero-order valence-electron chi connectivity index (χ0n) is 16.0. The Morgan fingerprint density at radius 3 is 2.73 bits per heavy atom. The first-order valence-corrected chi connectivity index (χ1v) is 10.6. The number of hydrogen-bond acceptors (Lipinski definition) is 2. The molecule has 0 aromatic heterocycles. The van der Waals surface area contributed by atoms with Crippen LogP contribution in [0.2, 0.25) is 0 Å². The van der Waals surface area contributed by atoms with E-state index in [1.54, 1.807) is 6.07 Å². The lowest BCUT2D eigenvalue weighted by molar-refractivity contribution is 0.138. The fourth-order valence-electron chi connectivity index (χ4n) is 6.24. The van der Waals surface area contributed by atoms with Crippen LogP contribution in [-0.2, 0) is 5.41 Å². The Morgan fingerprint density at radius 1 is 1.19 bits per heavy atom. The van der Waals surface area contributed by atoms with E-state index in [9.17, 15) is 4.39 Å². The predicted molar refractivity (Wildman–Crippen MR) is 109 cm³/mol. The number of rotatable bonds is 4. The summed E-state index contributed by atoms with van der Waals surface area (Å²) in [6.07, 6.45) is 11.2. The lowest BCUT2D eigenvalue weighted by Gasteiger charge is -2.41. The van der Waals surface area contributed by atoms with Crippen molar-refractivity contribution in [3.63, 3.8) is 0 Å². The second-order valence-electron chi connectivity index (χ2n) is 9.20. The summed E-state index contributed by atoms with van der Waals surface area (Å²) in [6.45, 7) is 8.03. The van der Waals surface area contributed by atoms with E-state index >= 15 is 0 Å². The van der Waals surface area contributed by atoms with Crippen molar-refractivity contribution in [2.45, 2.75) is 44.4 Å². The van der Waals surface area contributed by atoms with E-state index in [0.717, 1.165) is 37.3 Å². The first-order chi connectivity index (χ1) is 12.7. The number of benzene rings is 1. The zero-order chi connectivity index (χ0) is 17.7. The molecule has 0 radical (unpaired) electrons. The van der Waals surface area contributed by atoms with Gasteiger partial charge >= 0.3 is 0 Å². The minimum atomic E-state index is -0.0716. The molecule has 0 N–H and O–H groups in total. The molecule has 0 amide bonds. The number of likely N-dealkylation sites (tertiary alicyclic amines) is 1. The second-order valence-corrected chi connectivity index (χ2v) is 9.20. The lowest BCUT2D eigenvalue weighted by Crippen LogP contribution is -2.46. The van der Waals surface area contributed by atoms with Crippen LogP contribution in [0.4, 0.5) is 10.1 Å². The van der Waals surface area contributed by atoms with Gasteiger partial charge in [-0.25, -0.2) is 4.39 Å². The van der Waals surface area contributed by atoms with E-state index < -0.39 is 0 Å². The second kappa shape index (κ2) is 6.37. The highest BCUT2D eigenvalue weighted by Gasteiger charge is 2.45. The molecule has 3 heteroatoms. The molecule has 2 nitrogen and oxygen atoms in total. The molecule has 2 heterocycles. The first-order valence-electron chi connectivity index (χ1n) is 10.6. The number of allylic oxidation sites excluding steroid dienone is 2. The van der Waals surface area contributed by atoms with Gasteiger partial charge in [0.25, 0.3) is 0 Å². The van der Waals surface area contributed by atoms with Crippen molar-refractivity contribution >= 4 is 5.69 Å². The van der Waals surface area contributed by atoms with Crippen molar-refractivity contribution in [2.75, 3.05) is 37.6 Å². The lowest BCUT2D eigenvalue weighted by atomic mass is 9.74. The third kappa shape index (κ3) is 2.70. The molecule has 1 saturated carbocycles. The third-order valence-corrected chi connectivity index (χ3v) is 7.58. The molecule has 1 unspecified atom stereocenters. The van der Waals surface area contributed by atoms with Gasteiger partial charge < -0.3 is 9.80 Å². The average molecular weight is 359 g/mol. The molecule has 1 saturated heterocycles. The predicted octanol–water partition coefficient (Wildman–Crippen LogP) is 5.09. The van der Waals surface area contributed by atoms with Crippen LogP contribution in [0.25, 0.3) is 0 Å². The summed E-state index contributed by atoms with van der Waals surface area (Å²) < 4.78 is 14.0. The largest absolute Gasteiger partial charge is 0.370 e. The van der Waals surface area contributed by atoms with Crippen molar-refractivity contribution in [3.05, 3.63) is 41.7 Å². The topological polar surface area (TPSA) is 6.48 Å². The Kier molecular flexibility index (Phi) is 4.11. The van der Waals surface area contributed by atoms with Crippen LogP contribution in [0, 0.1) is 23.6 Å². The molecule has 1 aromatic rings. The quantitative estimate of drug-likeness (QED) is 0.692. The number of hydrogen-bond donors (Lipinski definition) is 0. The Morgan fingerprint density at radius 2 is 2.04 bits per heavy atom. The molecule has 2 fully saturated rings. The maximum absolute atomic E-state index is 14.0. The minimum Gasteiger partial charge on any atom is -0.370 e. The van der Waals surface area contributed by atoms with Crippen LogP contribution in [0.1, 0.15) is 47.4 Å². The summed E-state index contributed by atoms with van der Waals surface area (Å²) in [5.74, 6) is 2.52. The standard InChI is InChI=1S/C23H31FN2.2H2/c1-2-9-26-16-23(21-14-20(24)5-6-22(21)26)7-10-25(11-8-23)15-19-13-17-3-4-18(19)12-17;;/h3-6,14,17-19H,2,7-13,15-16H2,1H3;2*1H/t17-,18?,19+;;/m0../s1. The average Bonchev–Trinajstić information content (AvgIpc) is 3.32. The van der Waals surface area contributed by atoms with E-state index in [1.165, 1.54) is 56.6 Å². The van der Waals surface area contributed by atoms with Crippen LogP contribution in [0.5, 0.6) is 0 Å². The van der Waals surface area contributed by atoms with Gasteiger partial charge in [-0.15, -0.1) is 0 Å². The zero-order valence-corrected chi connectivity index (χ0v) is 16.0. The number of halogens is 1. The molecule has 5 rings (SSSR count). The summed E-state index contributed by atoms with van der Waals surface area (Å²) in [7, 11) is 0. The van der Waals surface area contributed by atoms with Crippen molar-refractivity contribution in [1.29, 1.82) is 0 Å². The van der Waals surface area contributed by atoms with Gasteiger partial charge in [0, 0.05) is 33.6 Å². The van der Waals surface area contributed by atoms with Gasteiger partial charge in [0.15, 0.2) is 0 Å². The van der Waals surface area contributed by atoms with Crippen molar-refractivity contribution in [2.24, 2.45) is 17.8 Å². The van der Waals surface area contributed by atoms with Gasteiger partial charge in [0.2, 0.25) is 0 Å². The summed E-state index contributed by atoms with van der Waals surface area (Å²) in [6, 6.07) is 5.49. The molecule has 144 valence electrons. The SMILES string of the molecule is CCCN1CC2(CCN(C[C@H]3C[C@H]4C=CC3C4)CC2)c2cc(F)ccc21.[HH].[HH]. The molecular formula is C23H35FN2. The maximum atomic E-state index is 14.0. The van der Waals surface area contributed by atoms with Gasteiger partial charge in [-0.3, -0.25) is 0 Å². The van der Waals surface area contributed by atoms with Gasteiger partial charge in [0.05, 0.1) is 0 Å². The molecule has 2 aliphatic heterocycles. The molecule has 1 aromatic carbocycles. The Hall–Kier alpha value is -1.35. The van der Waals surface area contributed by atoms with E-state index in [1.807, 2.05) is 12.1 Å². The Labute approximate surface area is 160 Å². The third-order valence-electron chi connectivity index (χ3n) is 7.58. The summed E-state index contributed by atoms with van der Waals surface area (Å²) >= 11 is 0. The van der Waals surface area contributed by atoms with Crippen molar-refractivity contribution in [3.8, 4) is 0 Å².